The van der Waals surface area contributed by atoms with E-state index in [4.69, 9.17) is 0 Å². The van der Waals surface area contributed by atoms with Crippen molar-refractivity contribution in [2.75, 3.05) is 5.32 Å². The fraction of sp³-hybridized carbons (Fsp3) is 0.273. The molecule has 0 unspecified atom stereocenters. The molecule has 0 aromatic carbocycles. The topological polar surface area (TPSA) is 114 Å². The van der Waals surface area contributed by atoms with Crippen molar-refractivity contribution < 1.29 is 13.2 Å². The van der Waals surface area contributed by atoms with Gasteiger partial charge in [-0.3, -0.25) is 5.32 Å². The van der Waals surface area contributed by atoms with Crippen LogP contribution in [0.15, 0.2) is 15.7 Å². The minimum Gasteiger partial charge on any atom is -0.275 e. The van der Waals surface area contributed by atoms with Crippen LogP contribution < -0.4 is 10.0 Å². The van der Waals surface area contributed by atoms with Crippen molar-refractivity contribution in [3.63, 3.8) is 0 Å². The summed E-state index contributed by atoms with van der Waals surface area (Å²) in [5, 5.41) is 3.91. The third-order valence-corrected chi connectivity index (χ3v) is 5.39. The zero-order valence-electron chi connectivity index (χ0n) is 11.5. The first kappa shape index (κ1) is 15.3. The predicted octanol–water partition coefficient (Wildman–Crippen LogP) is 1.37. The molecule has 0 bridgehead atoms. The average Bonchev–Trinajstić information content (AvgIpc) is 2.73. The van der Waals surface area contributed by atoms with E-state index in [9.17, 15) is 13.2 Å². The Hall–Kier alpha value is -2.07. The minimum absolute atomic E-state index is 0.00407. The SMILES string of the molecule is Cc1nc(C)nc(NC(=O)NS(=O)(=O)c2sccc2C)n1. The van der Waals surface area contributed by atoms with Crippen molar-refractivity contribution in [1.29, 1.82) is 0 Å². The molecule has 2 heterocycles. The van der Waals surface area contributed by atoms with Gasteiger partial charge in [-0.1, -0.05) is 0 Å². The molecule has 0 spiro atoms. The van der Waals surface area contributed by atoms with Gasteiger partial charge in [0.2, 0.25) is 5.95 Å². The Morgan fingerprint density at radius 1 is 1.14 bits per heavy atom. The molecule has 21 heavy (non-hydrogen) atoms. The summed E-state index contributed by atoms with van der Waals surface area (Å²) in [6, 6.07) is 0.739. The van der Waals surface area contributed by atoms with Crippen LogP contribution in [-0.4, -0.2) is 29.4 Å². The third kappa shape index (κ3) is 3.73. The van der Waals surface area contributed by atoms with Crippen molar-refractivity contribution in [2.45, 2.75) is 25.0 Å². The molecule has 0 radical (unpaired) electrons. The van der Waals surface area contributed by atoms with Crippen LogP contribution in [0.25, 0.3) is 0 Å². The highest BCUT2D eigenvalue weighted by Crippen LogP contribution is 2.21. The lowest BCUT2D eigenvalue weighted by atomic mass is 10.4. The lowest BCUT2D eigenvalue weighted by molar-refractivity contribution is 0.256. The maximum absolute atomic E-state index is 12.0. The molecule has 10 heteroatoms. The van der Waals surface area contributed by atoms with E-state index in [0.717, 1.165) is 11.3 Å². The fourth-order valence-electron chi connectivity index (χ4n) is 1.60. The van der Waals surface area contributed by atoms with Crippen LogP contribution in [-0.2, 0) is 10.0 Å². The van der Waals surface area contributed by atoms with Crippen molar-refractivity contribution >= 4 is 33.3 Å². The lowest BCUT2D eigenvalue weighted by Crippen LogP contribution is -2.34. The van der Waals surface area contributed by atoms with Gasteiger partial charge in [-0.25, -0.2) is 22.9 Å². The molecule has 0 atom stereocenters. The molecule has 2 N–H and O–H groups in total. The van der Waals surface area contributed by atoms with Crippen LogP contribution in [0.5, 0.6) is 0 Å². The number of carbonyl (C=O) groups excluding carboxylic acids is 1. The number of aromatic nitrogens is 3. The first-order chi connectivity index (χ1) is 9.78. The Labute approximate surface area is 125 Å². The van der Waals surface area contributed by atoms with Crippen LogP contribution in [0.3, 0.4) is 0 Å². The average molecular weight is 327 g/mol. The normalized spacial score (nSPS) is 11.2. The molecule has 112 valence electrons. The van der Waals surface area contributed by atoms with Crippen LogP contribution in [0.4, 0.5) is 10.7 Å². The van der Waals surface area contributed by atoms with Crippen LogP contribution >= 0.6 is 11.3 Å². The van der Waals surface area contributed by atoms with Crippen molar-refractivity contribution in [3.05, 3.63) is 28.7 Å². The Bertz CT molecular complexity index is 765. The van der Waals surface area contributed by atoms with Gasteiger partial charge in [0, 0.05) is 0 Å². The van der Waals surface area contributed by atoms with Gasteiger partial charge < -0.3 is 0 Å². The second-order valence-corrected chi connectivity index (χ2v) is 7.00. The number of sulfonamides is 1. The summed E-state index contributed by atoms with van der Waals surface area (Å²) < 4.78 is 26.1. The summed E-state index contributed by atoms with van der Waals surface area (Å²) in [6.07, 6.45) is 0. The fourth-order valence-corrected chi connectivity index (χ4v) is 3.93. The van der Waals surface area contributed by atoms with Gasteiger partial charge >= 0.3 is 6.03 Å². The molecule has 0 aliphatic carbocycles. The van der Waals surface area contributed by atoms with Crippen molar-refractivity contribution in [1.82, 2.24) is 19.7 Å². The summed E-state index contributed by atoms with van der Waals surface area (Å²) in [7, 11) is -3.90. The van der Waals surface area contributed by atoms with Crippen molar-refractivity contribution in [3.8, 4) is 0 Å². The first-order valence-electron chi connectivity index (χ1n) is 5.85. The molecule has 2 aromatic heterocycles. The van der Waals surface area contributed by atoms with E-state index >= 15 is 0 Å². The number of nitrogens with zero attached hydrogens (tertiary/aromatic N) is 3. The van der Waals surface area contributed by atoms with E-state index < -0.39 is 16.1 Å². The number of thiophene rings is 1. The van der Waals surface area contributed by atoms with E-state index in [1.165, 1.54) is 0 Å². The molecular weight excluding hydrogens is 314 g/mol. The quantitative estimate of drug-likeness (QED) is 0.880. The molecule has 0 aliphatic heterocycles. The van der Waals surface area contributed by atoms with Gasteiger partial charge in [0.15, 0.2) is 0 Å². The molecule has 0 saturated carbocycles. The molecule has 2 aromatic rings. The summed E-state index contributed by atoms with van der Waals surface area (Å²) in [4.78, 5) is 23.5. The molecule has 0 fully saturated rings. The number of aryl methyl sites for hydroxylation is 3. The second kappa shape index (κ2) is 5.74. The standard InChI is InChI=1S/C11H13N5O3S2/c1-6-4-5-20-9(6)21(18,19)16-11(17)15-10-13-7(2)12-8(3)14-10/h4-5H,1-3H3,(H2,12,13,14,15,16,17). The number of rotatable bonds is 3. The highest BCUT2D eigenvalue weighted by Gasteiger charge is 2.21. The number of anilines is 1. The van der Waals surface area contributed by atoms with Gasteiger partial charge in [-0.05, 0) is 37.8 Å². The van der Waals surface area contributed by atoms with Crippen LogP contribution in [0.1, 0.15) is 17.2 Å². The van der Waals surface area contributed by atoms with Crippen LogP contribution in [0.2, 0.25) is 0 Å². The second-order valence-electron chi connectivity index (χ2n) is 4.20. The Kier molecular flexibility index (Phi) is 4.19. The van der Waals surface area contributed by atoms with Gasteiger partial charge in [0.05, 0.1) is 0 Å². The number of hydrogen-bond acceptors (Lipinski definition) is 7. The number of urea groups is 1. The lowest BCUT2D eigenvalue weighted by Gasteiger charge is -2.07. The molecule has 2 rings (SSSR count). The highest BCUT2D eigenvalue weighted by atomic mass is 32.2. The molecule has 8 nitrogen and oxygen atoms in total. The minimum atomic E-state index is -3.90. The Balaban J connectivity index is 2.13. The predicted molar refractivity (Wildman–Crippen MR) is 77.7 cm³/mol. The summed E-state index contributed by atoms with van der Waals surface area (Å²) in [5.74, 6) is 0.847. The van der Waals surface area contributed by atoms with Gasteiger partial charge in [0.1, 0.15) is 15.9 Å². The van der Waals surface area contributed by atoms with Gasteiger partial charge in [-0.2, -0.15) is 9.97 Å². The number of amides is 2. The Morgan fingerprint density at radius 3 is 2.29 bits per heavy atom. The summed E-state index contributed by atoms with van der Waals surface area (Å²) >= 11 is 1.04. The first-order valence-corrected chi connectivity index (χ1v) is 8.21. The molecule has 2 amide bonds. The van der Waals surface area contributed by atoms with E-state index in [2.05, 4.69) is 20.3 Å². The zero-order chi connectivity index (χ0) is 15.6. The molecule has 0 aliphatic rings. The number of hydrogen-bond donors (Lipinski definition) is 2. The van der Waals surface area contributed by atoms with Gasteiger partial charge in [-0.15, -0.1) is 11.3 Å². The van der Waals surface area contributed by atoms with E-state index in [0.29, 0.717) is 17.2 Å². The monoisotopic (exact) mass is 327 g/mol. The zero-order valence-corrected chi connectivity index (χ0v) is 13.2. The van der Waals surface area contributed by atoms with Crippen molar-refractivity contribution in [2.24, 2.45) is 0 Å². The summed E-state index contributed by atoms with van der Waals surface area (Å²) in [5.41, 5.74) is 0.576. The third-order valence-electron chi connectivity index (χ3n) is 2.37. The molecular formula is C11H13N5O3S2. The largest absolute Gasteiger partial charge is 0.335 e. The van der Waals surface area contributed by atoms with E-state index in [1.54, 1.807) is 32.2 Å². The highest BCUT2D eigenvalue weighted by molar-refractivity contribution is 7.92. The molecule has 0 saturated heterocycles. The van der Waals surface area contributed by atoms with E-state index in [1.807, 2.05) is 4.72 Å². The number of carbonyl (C=O) groups is 1. The maximum Gasteiger partial charge on any atom is 0.335 e. The smallest absolute Gasteiger partial charge is 0.275 e. The van der Waals surface area contributed by atoms with Crippen LogP contribution in [0, 0.1) is 20.8 Å². The number of nitrogens with one attached hydrogen (secondary N) is 2. The maximum atomic E-state index is 12.0. The summed E-state index contributed by atoms with van der Waals surface area (Å²) in [6.45, 7) is 4.94. The van der Waals surface area contributed by atoms with Gasteiger partial charge in [0.25, 0.3) is 10.0 Å². The van der Waals surface area contributed by atoms with E-state index in [-0.39, 0.29) is 10.2 Å². The Morgan fingerprint density at radius 2 is 1.76 bits per heavy atom.